The number of ether oxygens (including phenoxy) is 2. The lowest BCUT2D eigenvalue weighted by molar-refractivity contribution is -0.144. The normalized spacial score (nSPS) is 12.7. The number of hydrogen-bond acceptors (Lipinski definition) is 8. The summed E-state index contributed by atoms with van der Waals surface area (Å²) in [6, 6.07) is 0. The van der Waals surface area contributed by atoms with Crippen LogP contribution in [-0.4, -0.2) is 74.0 Å². The Balaban J connectivity index is 1.75. The van der Waals surface area contributed by atoms with Crippen molar-refractivity contribution in [2.24, 2.45) is 0 Å². The van der Waals surface area contributed by atoms with E-state index in [1.165, 1.54) is 114 Å². The molecular weight excluding hydrogens is 747 g/mol. The number of fused-ring (bicyclic) bond motifs is 1. The summed E-state index contributed by atoms with van der Waals surface area (Å²) in [5.41, 5.74) is 1.34. The Labute approximate surface area is 357 Å². The average Bonchev–Trinajstić information content (AvgIpc) is 3.57. The molecule has 1 aromatic rings. The minimum Gasteiger partial charge on any atom is -0.466 e. The molecule has 332 valence electrons. The Hall–Kier alpha value is -2.72. The number of carbonyl (C=O) groups excluding carboxylic acids is 4. The summed E-state index contributed by atoms with van der Waals surface area (Å²) in [5, 5.41) is 3.59. The zero-order valence-electron chi connectivity index (χ0n) is 37.4. The molecule has 0 spiro atoms. The van der Waals surface area contributed by atoms with Gasteiger partial charge in [-0.25, -0.2) is 4.79 Å². The molecule has 1 aliphatic heterocycles. The number of allylic oxidation sites excluding steroid dienone is 2. The Morgan fingerprint density at radius 2 is 1.19 bits per heavy atom. The van der Waals surface area contributed by atoms with Crippen molar-refractivity contribution in [1.29, 1.82) is 0 Å². The van der Waals surface area contributed by atoms with Crippen LogP contribution >= 0.6 is 11.3 Å². The Bertz CT molecular complexity index is 1290. The van der Waals surface area contributed by atoms with E-state index in [0.717, 1.165) is 61.9 Å². The molecule has 0 aliphatic carbocycles. The van der Waals surface area contributed by atoms with Gasteiger partial charge in [0.1, 0.15) is 5.00 Å². The van der Waals surface area contributed by atoms with E-state index < -0.39 is 5.97 Å². The molecule has 10 heteroatoms. The second kappa shape index (κ2) is 34.0. The van der Waals surface area contributed by atoms with Crippen LogP contribution in [0.3, 0.4) is 0 Å². The molecule has 0 atom stereocenters. The molecule has 1 aromatic heterocycles. The van der Waals surface area contributed by atoms with Crippen LogP contribution in [0.1, 0.15) is 214 Å². The fourth-order valence-electron chi connectivity index (χ4n) is 7.46. The molecule has 1 N–H and O–H groups in total. The van der Waals surface area contributed by atoms with E-state index in [9.17, 15) is 19.2 Å². The van der Waals surface area contributed by atoms with Crippen LogP contribution in [0.4, 0.5) is 5.00 Å². The number of amides is 2. The predicted octanol–water partition coefficient (Wildman–Crippen LogP) is 12.4. The van der Waals surface area contributed by atoms with Crippen molar-refractivity contribution in [2.75, 3.05) is 45.7 Å². The maximum absolute atomic E-state index is 13.4. The van der Waals surface area contributed by atoms with Crippen LogP contribution in [-0.2, 0) is 36.8 Å². The van der Waals surface area contributed by atoms with E-state index in [-0.39, 0.29) is 17.8 Å². The van der Waals surface area contributed by atoms with Crippen LogP contribution in [0.5, 0.6) is 0 Å². The fraction of sp³-hybridized carbons (Fsp3) is 0.792. The SMILES string of the molecule is CCCCCCCC/C=C\CCCCCCCC(=O)Nc1sc2c(c1C(=O)OCCCN(C)C)CCN(C(=O)CCCCC(=O)OCCCCCCCCCCC)C2. The summed E-state index contributed by atoms with van der Waals surface area (Å²) in [6.07, 6.45) is 35.0. The molecule has 0 fully saturated rings. The predicted molar refractivity (Wildman–Crippen MR) is 242 cm³/mol. The zero-order chi connectivity index (χ0) is 42.1. The van der Waals surface area contributed by atoms with Crippen LogP contribution < -0.4 is 5.32 Å². The average molecular weight is 830 g/mol. The highest BCUT2D eigenvalue weighted by atomic mass is 32.1. The number of esters is 2. The standard InChI is InChI=1S/C48H83N3O6S/c1-5-7-9-11-13-15-16-17-18-19-20-21-23-25-27-32-43(52)49-47-46(48(55)57-39-31-36-50(3)4)41-35-37-51(40-42(41)58-47)44(53)33-28-29-34-45(54)56-38-30-26-24-22-14-12-10-8-6-2/h17-18H,5-16,19-40H2,1-4H3,(H,49,52)/b18-17-. The quantitative estimate of drug-likeness (QED) is 0.0408. The number of nitrogens with one attached hydrogen (secondary N) is 1. The Morgan fingerprint density at radius 3 is 1.81 bits per heavy atom. The minimum atomic E-state index is -0.406. The molecule has 0 aromatic carbocycles. The third kappa shape index (κ3) is 24.4. The highest BCUT2D eigenvalue weighted by Gasteiger charge is 2.31. The number of anilines is 1. The van der Waals surface area contributed by atoms with Gasteiger partial charge in [-0.15, -0.1) is 11.3 Å². The molecule has 0 unspecified atom stereocenters. The van der Waals surface area contributed by atoms with Crippen molar-refractivity contribution in [3.8, 4) is 0 Å². The number of carbonyl (C=O) groups is 4. The van der Waals surface area contributed by atoms with E-state index in [2.05, 4.69) is 36.2 Å². The molecule has 0 radical (unpaired) electrons. The molecule has 2 amide bonds. The molecule has 2 heterocycles. The number of rotatable bonds is 36. The topological polar surface area (TPSA) is 105 Å². The van der Waals surface area contributed by atoms with Crippen LogP contribution in [0.15, 0.2) is 12.2 Å². The number of nitrogens with zero attached hydrogens (tertiary/aromatic N) is 2. The van der Waals surface area contributed by atoms with Crippen LogP contribution in [0.25, 0.3) is 0 Å². The van der Waals surface area contributed by atoms with E-state index in [1.807, 2.05) is 19.0 Å². The van der Waals surface area contributed by atoms with Gasteiger partial charge in [0.2, 0.25) is 11.8 Å². The zero-order valence-corrected chi connectivity index (χ0v) is 38.3. The molecule has 1 aliphatic rings. The van der Waals surface area contributed by atoms with E-state index in [1.54, 1.807) is 0 Å². The summed E-state index contributed by atoms with van der Waals surface area (Å²) in [4.78, 5) is 56.8. The van der Waals surface area contributed by atoms with Crippen LogP contribution in [0, 0.1) is 0 Å². The molecule has 2 rings (SSSR count). The third-order valence-electron chi connectivity index (χ3n) is 11.0. The summed E-state index contributed by atoms with van der Waals surface area (Å²) >= 11 is 1.39. The second-order valence-electron chi connectivity index (χ2n) is 16.7. The summed E-state index contributed by atoms with van der Waals surface area (Å²) < 4.78 is 11.1. The minimum absolute atomic E-state index is 0.0460. The first kappa shape index (κ1) is 51.4. The lowest BCUT2D eigenvalue weighted by Gasteiger charge is -2.27. The van der Waals surface area contributed by atoms with E-state index in [4.69, 9.17) is 9.47 Å². The lowest BCUT2D eigenvalue weighted by atomic mass is 10.0. The van der Waals surface area contributed by atoms with Crippen molar-refractivity contribution >= 4 is 40.1 Å². The highest BCUT2D eigenvalue weighted by Crippen LogP contribution is 2.38. The summed E-state index contributed by atoms with van der Waals surface area (Å²) in [5.74, 6) is -0.625. The van der Waals surface area contributed by atoms with Gasteiger partial charge in [0, 0.05) is 37.2 Å². The fourth-order valence-corrected chi connectivity index (χ4v) is 8.73. The number of thiophene rings is 1. The highest BCUT2D eigenvalue weighted by molar-refractivity contribution is 7.17. The smallest absolute Gasteiger partial charge is 0.341 e. The third-order valence-corrected chi connectivity index (χ3v) is 12.2. The van der Waals surface area contributed by atoms with Gasteiger partial charge < -0.3 is 24.6 Å². The van der Waals surface area contributed by atoms with Crippen molar-refractivity contribution in [1.82, 2.24) is 9.80 Å². The maximum Gasteiger partial charge on any atom is 0.341 e. The molecule has 0 saturated carbocycles. The number of hydrogen-bond donors (Lipinski definition) is 1. The molecule has 58 heavy (non-hydrogen) atoms. The van der Waals surface area contributed by atoms with Gasteiger partial charge in [-0.05, 0) is 83.9 Å². The van der Waals surface area contributed by atoms with Crippen molar-refractivity contribution < 1.29 is 28.7 Å². The first-order chi connectivity index (χ1) is 28.3. The first-order valence-corrected chi connectivity index (χ1v) is 24.4. The van der Waals surface area contributed by atoms with E-state index in [0.29, 0.717) is 75.4 Å². The lowest BCUT2D eigenvalue weighted by Crippen LogP contribution is -2.35. The number of unbranched alkanes of at least 4 members (excludes halogenated alkanes) is 20. The monoisotopic (exact) mass is 830 g/mol. The van der Waals surface area contributed by atoms with Gasteiger partial charge in [0.15, 0.2) is 0 Å². The van der Waals surface area contributed by atoms with Gasteiger partial charge in [0.05, 0.1) is 25.3 Å². The van der Waals surface area contributed by atoms with Gasteiger partial charge in [-0.1, -0.05) is 129 Å². The van der Waals surface area contributed by atoms with Gasteiger partial charge in [-0.3, -0.25) is 14.4 Å². The maximum atomic E-state index is 13.4. The van der Waals surface area contributed by atoms with Crippen molar-refractivity contribution in [3.05, 3.63) is 28.2 Å². The van der Waals surface area contributed by atoms with E-state index >= 15 is 0 Å². The van der Waals surface area contributed by atoms with Gasteiger partial charge in [-0.2, -0.15) is 0 Å². The van der Waals surface area contributed by atoms with Gasteiger partial charge >= 0.3 is 11.9 Å². The molecular formula is C48H83N3O6S. The second-order valence-corrected chi connectivity index (χ2v) is 17.8. The largest absolute Gasteiger partial charge is 0.466 e. The molecule has 0 saturated heterocycles. The first-order valence-electron chi connectivity index (χ1n) is 23.6. The summed E-state index contributed by atoms with van der Waals surface area (Å²) in [6.45, 7) is 7.01. The van der Waals surface area contributed by atoms with Crippen LogP contribution in [0.2, 0.25) is 0 Å². The molecule has 9 nitrogen and oxygen atoms in total. The Morgan fingerprint density at radius 1 is 0.655 bits per heavy atom. The van der Waals surface area contributed by atoms with Gasteiger partial charge in [0.25, 0.3) is 0 Å². The Kier molecular flexibility index (Phi) is 30.2. The van der Waals surface area contributed by atoms with Crippen molar-refractivity contribution in [3.63, 3.8) is 0 Å². The van der Waals surface area contributed by atoms with Crippen molar-refractivity contribution in [2.45, 2.75) is 207 Å². The molecule has 0 bridgehead atoms. The summed E-state index contributed by atoms with van der Waals surface area (Å²) in [7, 11) is 3.98.